The number of hydrogen-bond acceptors (Lipinski definition) is 3. The van der Waals surface area contributed by atoms with Crippen LogP contribution in [-0.4, -0.2) is 23.3 Å². The van der Waals surface area contributed by atoms with E-state index in [2.05, 4.69) is 39.4 Å². The van der Waals surface area contributed by atoms with Crippen molar-refractivity contribution in [2.45, 2.75) is 45.6 Å². The first-order valence-corrected chi connectivity index (χ1v) is 10.2. The molecule has 5 nitrogen and oxygen atoms in total. The summed E-state index contributed by atoms with van der Waals surface area (Å²) in [5, 5.41) is 5.61. The van der Waals surface area contributed by atoms with Crippen LogP contribution in [0.1, 0.15) is 43.0 Å². The molecule has 150 valence electrons. The first kappa shape index (κ1) is 19.2. The van der Waals surface area contributed by atoms with Crippen molar-refractivity contribution in [3.8, 4) is 5.75 Å². The monoisotopic (exact) mass is 389 g/mol. The van der Waals surface area contributed by atoms with Crippen LogP contribution in [0.2, 0.25) is 0 Å². The van der Waals surface area contributed by atoms with Crippen molar-refractivity contribution < 1.29 is 9.53 Å². The molecule has 1 aliphatic rings. The number of aryl methyl sites for hydroxylation is 2. The van der Waals surface area contributed by atoms with Crippen molar-refractivity contribution in [3.63, 3.8) is 0 Å². The Hall–Kier alpha value is -3.08. The minimum atomic E-state index is -0.0693. The average molecular weight is 389 g/mol. The Morgan fingerprint density at radius 3 is 2.66 bits per heavy atom. The minimum Gasteiger partial charge on any atom is -0.497 e. The van der Waals surface area contributed by atoms with Crippen LogP contribution in [-0.2, 0) is 24.2 Å². The van der Waals surface area contributed by atoms with Gasteiger partial charge in [-0.1, -0.05) is 18.2 Å². The highest BCUT2D eigenvalue weighted by atomic mass is 16.5. The number of carbonyl (C=O) groups is 1. The quantitative estimate of drug-likeness (QED) is 0.500. The summed E-state index contributed by atoms with van der Waals surface area (Å²) in [4.78, 5) is 12.4. The summed E-state index contributed by atoms with van der Waals surface area (Å²) in [6, 6.07) is 16.2. The van der Waals surface area contributed by atoms with Gasteiger partial charge in [-0.05, 0) is 74.1 Å². The van der Waals surface area contributed by atoms with Gasteiger partial charge in [0.1, 0.15) is 5.75 Å². The topological polar surface area (TPSA) is 55.6 Å². The molecule has 4 rings (SSSR count). The van der Waals surface area contributed by atoms with E-state index >= 15 is 0 Å². The average Bonchev–Trinajstić information content (AvgIpc) is 3.10. The third-order valence-corrected chi connectivity index (χ3v) is 5.70. The lowest BCUT2D eigenvalue weighted by Gasteiger charge is -2.15. The lowest BCUT2D eigenvalue weighted by molar-refractivity contribution is -0.121. The molecule has 0 aliphatic heterocycles. The van der Waals surface area contributed by atoms with Crippen molar-refractivity contribution in [1.82, 2.24) is 9.99 Å². The van der Waals surface area contributed by atoms with E-state index in [0.29, 0.717) is 13.0 Å². The van der Waals surface area contributed by atoms with Crippen molar-refractivity contribution in [1.29, 1.82) is 0 Å². The zero-order valence-corrected chi connectivity index (χ0v) is 17.1. The number of carbonyl (C=O) groups excluding carboxylic acids is 1. The molecular weight excluding hydrogens is 362 g/mol. The molecule has 1 aliphatic carbocycles. The molecule has 2 aromatic carbocycles. The van der Waals surface area contributed by atoms with E-state index in [4.69, 9.17) is 4.74 Å². The van der Waals surface area contributed by atoms with Crippen molar-refractivity contribution >= 4 is 22.5 Å². The number of fused-ring (bicyclic) bond motifs is 3. The maximum atomic E-state index is 12.4. The summed E-state index contributed by atoms with van der Waals surface area (Å²) in [5.74, 6) is 0.730. The largest absolute Gasteiger partial charge is 0.497 e. The molecule has 1 aromatic heterocycles. The Morgan fingerprint density at radius 1 is 1.10 bits per heavy atom. The molecule has 1 amide bonds. The Balaban J connectivity index is 1.43. The minimum absolute atomic E-state index is 0.0693. The van der Waals surface area contributed by atoms with E-state index in [9.17, 15) is 4.79 Å². The summed E-state index contributed by atoms with van der Waals surface area (Å²) >= 11 is 0. The molecule has 1 heterocycles. The predicted octanol–water partition coefficient (Wildman–Crippen LogP) is 4.46. The maximum absolute atomic E-state index is 12.4. The Bertz CT molecular complexity index is 1050. The van der Waals surface area contributed by atoms with E-state index in [1.54, 1.807) is 7.11 Å². The number of nitrogens with zero attached hydrogens (tertiary/aromatic N) is 2. The number of benzene rings is 2. The van der Waals surface area contributed by atoms with Gasteiger partial charge in [0.25, 0.3) is 0 Å². The van der Waals surface area contributed by atoms with Crippen LogP contribution in [0.4, 0.5) is 0 Å². The number of methoxy groups -OCH3 is 1. The molecule has 0 radical (unpaired) electrons. The van der Waals surface area contributed by atoms with Crippen LogP contribution < -0.4 is 10.2 Å². The second-order valence-corrected chi connectivity index (χ2v) is 7.51. The van der Waals surface area contributed by atoms with Gasteiger partial charge in [-0.2, -0.15) is 5.10 Å². The van der Waals surface area contributed by atoms with Crippen LogP contribution in [0.25, 0.3) is 10.9 Å². The Labute approximate surface area is 171 Å². The second kappa shape index (κ2) is 8.52. The normalized spacial score (nSPS) is 13.9. The highest BCUT2D eigenvalue weighted by Crippen LogP contribution is 2.32. The summed E-state index contributed by atoms with van der Waals surface area (Å²) in [6.45, 7) is 2.57. The van der Waals surface area contributed by atoms with Crippen LogP contribution in [0.3, 0.4) is 0 Å². The number of hydrazone groups is 1. The molecule has 0 saturated carbocycles. The molecule has 0 fully saturated rings. The smallest absolute Gasteiger partial charge is 0.241 e. The number of rotatable bonds is 6. The van der Waals surface area contributed by atoms with Gasteiger partial charge in [0.05, 0.1) is 12.8 Å². The van der Waals surface area contributed by atoms with Crippen LogP contribution in [0, 0.1) is 0 Å². The van der Waals surface area contributed by atoms with Gasteiger partial charge in [0.15, 0.2) is 0 Å². The second-order valence-electron chi connectivity index (χ2n) is 7.51. The number of ether oxygens (including phenoxy) is 1. The van der Waals surface area contributed by atoms with Gasteiger partial charge in [-0.3, -0.25) is 4.79 Å². The molecule has 3 aromatic rings. The van der Waals surface area contributed by atoms with Gasteiger partial charge >= 0.3 is 0 Å². The zero-order chi connectivity index (χ0) is 20.2. The molecule has 0 unspecified atom stereocenters. The Morgan fingerprint density at radius 2 is 1.86 bits per heavy atom. The van der Waals surface area contributed by atoms with Crippen LogP contribution in [0.5, 0.6) is 5.75 Å². The van der Waals surface area contributed by atoms with E-state index in [1.165, 1.54) is 35.0 Å². The number of amides is 1. The Kier molecular flexibility index (Phi) is 5.65. The van der Waals surface area contributed by atoms with Crippen molar-refractivity contribution in [3.05, 3.63) is 65.4 Å². The number of aromatic nitrogens is 1. The number of para-hydroxylation sites is 1. The van der Waals surface area contributed by atoms with Gasteiger partial charge < -0.3 is 9.30 Å². The van der Waals surface area contributed by atoms with Crippen LogP contribution in [0.15, 0.2) is 53.6 Å². The fraction of sp³-hybridized carbons (Fsp3) is 0.333. The lowest BCUT2D eigenvalue weighted by Crippen LogP contribution is -2.21. The standard InChI is InChI=1S/C24H27N3O2/c1-17(18-11-13-19(29-2)14-12-18)25-26-24(28)15-16-27-22-9-5-3-7-20(22)21-8-4-6-10-23(21)27/h3,5,7,9,11-14H,4,6,8,10,15-16H2,1-2H3,(H,26,28)/b25-17-. The van der Waals surface area contributed by atoms with E-state index in [1.807, 2.05) is 31.2 Å². The third kappa shape index (κ3) is 4.04. The van der Waals surface area contributed by atoms with Gasteiger partial charge in [-0.25, -0.2) is 5.43 Å². The van der Waals surface area contributed by atoms with E-state index in [0.717, 1.165) is 29.9 Å². The van der Waals surface area contributed by atoms with Gasteiger partial charge in [0, 0.05) is 29.6 Å². The van der Waals surface area contributed by atoms with Crippen molar-refractivity contribution in [2.75, 3.05) is 7.11 Å². The predicted molar refractivity (Wildman–Crippen MR) is 117 cm³/mol. The highest BCUT2D eigenvalue weighted by molar-refractivity contribution is 5.99. The van der Waals surface area contributed by atoms with Crippen molar-refractivity contribution in [2.24, 2.45) is 5.10 Å². The maximum Gasteiger partial charge on any atom is 0.241 e. The summed E-state index contributed by atoms with van der Waals surface area (Å²) in [6.07, 6.45) is 5.12. The molecule has 29 heavy (non-hydrogen) atoms. The molecule has 0 saturated heterocycles. The fourth-order valence-electron chi connectivity index (χ4n) is 4.15. The zero-order valence-electron chi connectivity index (χ0n) is 17.1. The molecule has 0 atom stereocenters. The van der Waals surface area contributed by atoms with Gasteiger partial charge in [-0.15, -0.1) is 0 Å². The first-order chi connectivity index (χ1) is 14.2. The molecular formula is C24H27N3O2. The first-order valence-electron chi connectivity index (χ1n) is 10.2. The molecule has 1 N–H and O–H groups in total. The number of hydrogen-bond donors (Lipinski definition) is 1. The van der Waals surface area contributed by atoms with E-state index < -0.39 is 0 Å². The third-order valence-electron chi connectivity index (χ3n) is 5.70. The SMILES string of the molecule is COc1ccc(/C(C)=N\NC(=O)CCn2c3c(c4ccccc42)CCCC3)cc1. The molecule has 5 heteroatoms. The molecule has 0 spiro atoms. The fourth-order valence-corrected chi connectivity index (χ4v) is 4.15. The summed E-state index contributed by atoms with van der Waals surface area (Å²) < 4.78 is 7.51. The van der Waals surface area contributed by atoms with Gasteiger partial charge in [0.2, 0.25) is 5.91 Å². The van der Waals surface area contributed by atoms with Crippen LogP contribution >= 0.6 is 0 Å². The van der Waals surface area contributed by atoms with E-state index in [-0.39, 0.29) is 5.91 Å². The highest BCUT2D eigenvalue weighted by Gasteiger charge is 2.19. The summed E-state index contributed by atoms with van der Waals surface area (Å²) in [5.41, 5.74) is 8.55. The summed E-state index contributed by atoms with van der Waals surface area (Å²) in [7, 11) is 1.64. The lowest BCUT2D eigenvalue weighted by atomic mass is 9.95. The number of nitrogens with one attached hydrogen (secondary N) is 1. The molecule has 0 bridgehead atoms.